The Morgan fingerprint density at radius 1 is 1.00 bits per heavy atom. The van der Waals surface area contributed by atoms with Gasteiger partial charge in [0.05, 0.1) is 0 Å². The molecule has 3 amide bonds. The minimum absolute atomic E-state index is 0.195. The van der Waals surface area contributed by atoms with Crippen LogP contribution < -0.4 is 10.6 Å². The average Bonchev–Trinajstić information content (AvgIpc) is 2.34. The summed E-state index contributed by atoms with van der Waals surface area (Å²) in [6.07, 6.45) is -0.158. The molecule has 0 aliphatic rings. The maximum absolute atomic E-state index is 11.4. The minimum atomic E-state index is -1.97. The number of nitrogens with one attached hydrogen (secondary N) is 2. The normalized spacial score (nSPS) is 11.9. The molecule has 0 aliphatic heterocycles. The van der Waals surface area contributed by atoms with E-state index in [1.165, 1.54) is 0 Å². The van der Waals surface area contributed by atoms with Crippen LogP contribution in [0.1, 0.15) is 0 Å². The average molecular weight is 308 g/mol. The SMILES string of the molecule is CO[Si](C)(C)CNC(=O)NC(=O)OC[Si](C)(C)OC. The van der Waals surface area contributed by atoms with Gasteiger partial charge < -0.3 is 18.9 Å². The summed E-state index contributed by atoms with van der Waals surface area (Å²) in [5.74, 6) is 0. The second-order valence-corrected chi connectivity index (χ2v) is 13.8. The zero-order chi connectivity index (χ0) is 15.1. The van der Waals surface area contributed by atoms with Crippen molar-refractivity contribution in [2.45, 2.75) is 26.2 Å². The maximum Gasteiger partial charge on any atom is 0.415 e. The number of urea groups is 1. The van der Waals surface area contributed by atoms with Crippen LogP contribution in [0.5, 0.6) is 0 Å². The van der Waals surface area contributed by atoms with Crippen molar-refractivity contribution in [2.24, 2.45) is 0 Å². The number of alkyl carbamates (subject to hydrolysis) is 1. The summed E-state index contributed by atoms with van der Waals surface area (Å²) in [4.78, 5) is 22.8. The Hall–Kier alpha value is -0.906. The van der Waals surface area contributed by atoms with Gasteiger partial charge in [0.15, 0.2) is 0 Å². The van der Waals surface area contributed by atoms with Crippen LogP contribution in [0.3, 0.4) is 0 Å². The molecule has 0 bridgehead atoms. The summed E-state index contributed by atoms with van der Waals surface area (Å²) in [5, 5.41) is 4.68. The van der Waals surface area contributed by atoms with Gasteiger partial charge in [-0.3, -0.25) is 0 Å². The molecule has 2 N–H and O–H groups in total. The first kappa shape index (κ1) is 18.1. The number of ether oxygens (including phenoxy) is 1. The zero-order valence-corrected chi connectivity index (χ0v) is 14.5. The van der Waals surface area contributed by atoms with E-state index in [1.807, 2.05) is 26.2 Å². The van der Waals surface area contributed by atoms with Crippen molar-refractivity contribution in [3.05, 3.63) is 0 Å². The van der Waals surface area contributed by atoms with E-state index in [1.54, 1.807) is 14.2 Å². The van der Waals surface area contributed by atoms with Crippen molar-refractivity contribution in [1.29, 1.82) is 0 Å². The molecule has 0 aromatic rings. The number of amides is 3. The minimum Gasteiger partial charge on any atom is -0.450 e. The molecule has 0 aromatic heterocycles. The molecule has 0 saturated carbocycles. The molecule has 0 atom stereocenters. The van der Waals surface area contributed by atoms with E-state index in [-0.39, 0.29) is 6.23 Å². The number of imide groups is 1. The third-order valence-corrected chi connectivity index (χ3v) is 6.62. The highest BCUT2D eigenvalue weighted by Gasteiger charge is 2.24. The van der Waals surface area contributed by atoms with E-state index in [2.05, 4.69) is 10.6 Å². The van der Waals surface area contributed by atoms with Gasteiger partial charge in [-0.25, -0.2) is 14.9 Å². The number of hydrogen-bond donors (Lipinski definition) is 2. The third-order valence-electron chi connectivity index (χ3n) is 2.55. The number of carbonyl (C=O) groups is 2. The largest absolute Gasteiger partial charge is 0.450 e. The van der Waals surface area contributed by atoms with Crippen molar-refractivity contribution in [3.8, 4) is 0 Å². The molecule has 0 aromatic carbocycles. The fourth-order valence-electron chi connectivity index (χ4n) is 0.837. The van der Waals surface area contributed by atoms with Gasteiger partial charge in [0.2, 0.25) is 16.6 Å². The molecule has 0 fully saturated rings. The molecule has 0 heterocycles. The van der Waals surface area contributed by atoms with Gasteiger partial charge in [0.1, 0.15) is 6.23 Å². The zero-order valence-electron chi connectivity index (χ0n) is 12.5. The molecule has 0 spiro atoms. The molecular weight excluding hydrogens is 284 g/mol. The molecular formula is C10H24N2O5Si2. The number of hydrogen-bond acceptors (Lipinski definition) is 5. The molecule has 9 heteroatoms. The van der Waals surface area contributed by atoms with Crippen LogP contribution in [0.2, 0.25) is 26.2 Å². The Morgan fingerprint density at radius 3 is 2.00 bits per heavy atom. The number of rotatable bonds is 6. The smallest absolute Gasteiger partial charge is 0.415 e. The first-order valence-electron chi connectivity index (χ1n) is 5.94. The summed E-state index contributed by atoms with van der Waals surface area (Å²) < 4.78 is 15.4. The van der Waals surface area contributed by atoms with Crippen molar-refractivity contribution in [1.82, 2.24) is 10.6 Å². The van der Waals surface area contributed by atoms with Gasteiger partial charge in [-0.15, -0.1) is 0 Å². The highest BCUT2D eigenvalue weighted by Crippen LogP contribution is 2.02. The second-order valence-electron chi connectivity index (χ2n) is 5.31. The van der Waals surface area contributed by atoms with E-state index in [4.69, 9.17) is 13.6 Å². The monoisotopic (exact) mass is 308 g/mol. The van der Waals surface area contributed by atoms with Crippen molar-refractivity contribution in [2.75, 3.05) is 26.6 Å². The highest BCUT2D eigenvalue weighted by molar-refractivity contribution is 6.71. The Bertz CT molecular complexity index is 293. The van der Waals surface area contributed by atoms with Crippen molar-refractivity contribution >= 4 is 28.8 Å². The van der Waals surface area contributed by atoms with Crippen LogP contribution in [0.25, 0.3) is 0 Å². The lowest BCUT2D eigenvalue weighted by Crippen LogP contribution is -2.49. The molecule has 19 heavy (non-hydrogen) atoms. The van der Waals surface area contributed by atoms with Crippen molar-refractivity contribution in [3.63, 3.8) is 0 Å². The van der Waals surface area contributed by atoms with Crippen LogP contribution >= 0.6 is 0 Å². The Labute approximate surface area is 116 Å². The summed E-state index contributed by atoms with van der Waals surface area (Å²) in [6.45, 7) is 7.73. The van der Waals surface area contributed by atoms with Gasteiger partial charge in [0.25, 0.3) is 0 Å². The van der Waals surface area contributed by atoms with Crippen LogP contribution in [0.4, 0.5) is 9.59 Å². The predicted molar refractivity (Wildman–Crippen MR) is 76.9 cm³/mol. The molecule has 7 nitrogen and oxygen atoms in total. The molecule has 0 radical (unpaired) electrons. The number of carbonyl (C=O) groups excluding carboxylic acids is 2. The molecule has 0 unspecified atom stereocenters. The fraction of sp³-hybridized carbons (Fsp3) is 0.800. The lowest BCUT2D eigenvalue weighted by Gasteiger charge is -2.21. The van der Waals surface area contributed by atoms with Gasteiger partial charge >= 0.3 is 12.1 Å². The Balaban J connectivity index is 3.98. The molecule has 0 saturated heterocycles. The highest BCUT2D eigenvalue weighted by atomic mass is 28.4. The van der Waals surface area contributed by atoms with Gasteiger partial charge in [0, 0.05) is 20.4 Å². The third kappa shape index (κ3) is 8.75. The molecule has 112 valence electrons. The van der Waals surface area contributed by atoms with E-state index in [9.17, 15) is 9.59 Å². The van der Waals surface area contributed by atoms with Crippen LogP contribution in [-0.2, 0) is 13.6 Å². The van der Waals surface area contributed by atoms with E-state index < -0.39 is 28.8 Å². The summed E-state index contributed by atoms with van der Waals surface area (Å²) in [6, 6.07) is -0.584. The fourth-order valence-corrected chi connectivity index (χ4v) is 2.16. The quantitative estimate of drug-likeness (QED) is 0.720. The van der Waals surface area contributed by atoms with Gasteiger partial charge in [-0.1, -0.05) is 0 Å². The Kier molecular flexibility index (Phi) is 7.26. The van der Waals surface area contributed by atoms with Crippen LogP contribution in [-0.4, -0.2) is 55.4 Å². The summed E-state index contributed by atoms with van der Waals surface area (Å²) >= 11 is 0. The lowest BCUT2D eigenvalue weighted by molar-refractivity contribution is 0.157. The summed E-state index contributed by atoms with van der Waals surface area (Å²) in [5.41, 5.74) is 0. The summed E-state index contributed by atoms with van der Waals surface area (Å²) in [7, 11) is -0.666. The van der Waals surface area contributed by atoms with E-state index in [0.29, 0.717) is 6.17 Å². The van der Waals surface area contributed by atoms with Crippen molar-refractivity contribution < 1.29 is 23.2 Å². The second kappa shape index (κ2) is 7.63. The maximum atomic E-state index is 11.4. The standard InChI is InChI=1S/C10H24N2O5Si2/c1-15-18(3,4)7-11-9(13)12-10(14)17-8-19(5,6)16-2/h7-8H2,1-6H3,(H2,11,12,13,14). The molecule has 0 aliphatic carbocycles. The van der Waals surface area contributed by atoms with Crippen LogP contribution in [0.15, 0.2) is 0 Å². The van der Waals surface area contributed by atoms with Crippen LogP contribution in [0, 0.1) is 0 Å². The lowest BCUT2D eigenvalue weighted by atomic mass is 10.9. The van der Waals surface area contributed by atoms with Gasteiger partial charge in [-0.2, -0.15) is 0 Å². The first-order chi connectivity index (χ1) is 8.62. The molecule has 0 rings (SSSR count). The topological polar surface area (TPSA) is 85.9 Å². The Morgan fingerprint density at radius 2 is 1.53 bits per heavy atom. The van der Waals surface area contributed by atoms with E-state index >= 15 is 0 Å². The predicted octanol–water partition coefficient (Wildman–Crippen LogP) is 1.20. The first-order valence-corrected chi connectivity index (χ1v) is 12.2. The van der Waals surface area contributed by atoms with E-state index in [0.717, 1.165) is 0 Å². The van der Waals surface area contributed by atoms with Gasteiger partial charge in [-0.05, 0) is 26.2 Å².